The molecule has 0 spiro atoms. The average molecular weight is 348 g/mol. The van der Waals surface area contributed by atoms with Crippen LogP contribution in [0.2, 0.25) is 0 Å². The minimum atomic E-state index is -0.0510. The van der Waals surface area contributed by atoms with Crippen molar-refractivity contribution < 1.29 is 9.59 Å². The Bertz CT molecular complexity index is 876. The van der Waals surface area contributed by atoms with Crippen molar-refractivity contribution in [1.82, 2.24) is 0 Å². The normalized spacial score (nSPS) is 15.5. The zero-order chi connectivity index (χ0) is 19.3. The maximum atomic E-state index is 13.0. The van der Waals surface area contributed by atoms with E-state index in [-0.39, 0.29) is 22.4 Å². The second kappa shape index (κ2) is 6.19. The fourth-order valence-electron chi connectivity index (χ4n) is 3.87. The highest BCUT2D eigenvalue weighted by molar-refractivity contribution is 6.28. The van der Waals surface area contributed by atoms with Gasteiger partial charge in [-0.1, -0.05) is 77.9 Å². The molecule has 3 rings (SSSR count). The maximum absolute atomic E-state index is 13.0. The molecule has 1 aliphatic carbocycles. The number of benzene rings is 2. The summed E-state index contributed by atoms with van der Waals surface area (Å²) in [6, 6.07) is 13.0. The molecular weight excluding hydrogens is 320 g/mol. The molecule has 0 saturated heterocycles. The van der Waals surface area contributed by atoms with E-state index in [1.807, 2.05) is 30.3 Å². The lowest BCUT2D eigenvalue weighted by Gasteiger charge is -2.36. The Kier molecular flexibility index (Phi) is 4.42. The van der Waals surface area contributed by atoms with Crippen LogP contribution < -0.4 is 0 Å². The van der Waals surface area contributed by atoms with Crippen LogP contribution in [-0.2, 0) is 0 Å². The molecule has 2 heteroatoms. The standard InChI is InChI=1S/C24H28O2/c1-23(2,3)14-20(24(4,5)6)15-11-12-18-19(13-15)22(26)17-10-8-7-9-16(17)21(18)25/h7-13,20H,14H2,1-6H3. The Morgan fingerprint density at radius 3 is 1.73 bits per heavy atom. The first-order chi connectivity index (χ1) is 12.0. The molecule has 0 aliphatic heterocycles. The summed E-state index contributed by atoms with van der Waals surface area (Å²) in [5, 5.41) is 0. The number of hydrogen-bond acceptors (Lipinski definition) is 2. The van der Waals surface area contributed by atoms with E-state index in [2.05, 4.69) is 41.5 Å². The van der Waals surface area contributed by atoms with Crippen LogP contribution in [0, 0.1) is 10.8 Å². The number of carbonyl (C=O) groups is 2. The summed E-state index contributed by atoms with van der Waals surface area (Å²) in [4.78, 5) is 25.8. The molecule has 1 unspecified atom stereocenters. The third kappa shape index (κ3) is 3.38. The predicted molar refractivity (Wildman–Crippen MR) is 106 cm³/mol. The van der Waals surface area contributed by atoms with Crippen molar-refractivity contribution >= 4 is 11.6 Å². The van der Waals surface area contributed by atoms with Crippen molar-refractivity contribution in [2.45, 2.75) is 53.9 Å². The Morgan fingerprint density at radius 1 is 0.731 bits per heavy atom. The molecule has 0 radical (unpaired) electrons. The van der Waals surface area contributed by atoms with Gasteiger partial charge in [-0.25, -0.2) is 0 Å². The Balaban J connectivity index is 2.11. The SMILES string of the molecule is CC(C)(C)CC(c1ccc2c(c1)C(=O)c1ccccc1C2=O)C(C)(C)C. The topological polar surface area (TPSA) is 34.1 Å². The fraction of sp³-hybridized carbons (Fsp3) is 0.417. The molecule has 1 atom stereocenters. The van der Waals surface area contributed by atoms with Crippen molar-refractivity contribution in [3.63, 3.8) is 0 Å². The van der Waals surface area contributed by atoms with Gasteiger partial charge in [0, 0.05) is 22.3 Å². The summed E-state index contributed by atoms with van der Waals surface area (Å²) in [7, 11) is 0. The number of ketones is 2. The average Bonchev–Trinajstić information content (AvgIpc) is 2.55. The summed E-state index contributed by atoms with van der Waals surface area (Å²) in [6.07, 6.45) is 1.02. The van der Waals surface area contributed by atoms with Crippen molar-refractivity contribution in [1.29, 1.82) is 0 Å². The molecule has 0 aromatic heterocycles. The van der Waals surface area contributed by atoms with Gasteiger partial charge in [0.2, 0.25) is 0 Å². The molecular formula is C24H28O2. The van der Waals surface area contributed by atoms with Gasteiger partial charge in [0.1, 0.15) is 0 Å². The second-order valence-corrected chi connectivity index (χ2v) is 9.69. The van der Waals surface area contributed by atoms with Crippen LogP contribution in [0.4, 0.5) is 0 Å². The summed E-state index contributed by atoms with van der Waals surface area (Å²) >= 11 is 0. The number of hydrogen-bond donors (Lipinski definition) is 0. The van der Waals surface area contributed by atoms with Gasteiger partial charge in [-0.2, -0.15) is 0 Å². The Hall–Kier alpha value is -2.22. The van der Waals surface area contributed by atoms with Gasteiger partial charge in [0.15, 0.2) is 11.6 Å². The molecule has 136 valence electrons. The lowest BCUT2D eigenvalue weighted by Crippen LogP contribution is -2.25. The molecule has 2 aromatic carbocycles. The van der Waals surface area contributed by atoms with E-state index in [0.717, 1.165) is 12.0 Å². The Morgan fingerprint density at radius 2 is 1.23 bits per heavy atom. The number of rotatable bonds is 2. The van der Waals surface area contributed by atoms with Crippen molar-refractivity contribution in [3.8, 4) is 0 Å². The number of carbonyl (C=O) groups excluding carboxylic acids is 2. The van der Waals surface area contributed by atoms with Gasteiger partial charge in [-0.15, -0.1) is 0 Å². The maximum Gasteiger partial charge on any atom is 0.194 e. The monoisotopic (exact) mass is 348 g/mol. The summed E-state index contributed by atoms with van der Waals surface area (Å²) < 4.78 is 0. The summed E-state index contributed by atoms with van der Waals surface area (Å²) in [5.41, 5.74) is 3.51. The van der Waals surface area contributed by atoms with Gasteiger partial charge >= 0.3 is 0 Å². The molecule has 2 nitrogen and oxygen atoms in total. The lowest BCUT2D eigenvalue weighted by molar-refractivity contribution is 0.0979. The molecule has 0 amide bonds. The van der Waals surface area contributed by atoms with E-state index in [0.29, 0.717) is 28.2 Å². The first-order valence-electron chi connectivity index (χ1n) is 9.31. The molecule has 2 aromatic rings. The van der Waals surface area contributed by atoms with Gasteiger partial charge in [-0.05, 0) is 34.8 Å². The molecule has 0 saturated carbocycles. The lowest BCUT2D eigenvalue weighted by atomic mass is 9.68. The van der Waals surface area contributed by atoms with Crippen LogP contribution in [0.25, 0.3) is 0 Å². The van der Waals surface area contributed by atoms with E-state index < -0.39 is 0 Å². The van der Waals surface area contributed by atoms with Crippen LogP contribution in [0.5, 0.6) is 0 Å². The second-order valence-electron chi connectivity index (χ2n) is 9.69. The minimum absolute atomic E-state index is 0.0412. The smallest absolute Gasteiger partial charge is 0.194 e. The van der Waals surface area contributed by atoms with Crippen molar-refractivity contribution in [2.24, 2.45) is 10.8 Å². The molecule has 1 aliphatic rings. The van der Waals surface area contributed by atoms with Crippen LogP contribution in [0.3, 0.4) is 0 Å². The third-order valence-electron chi connectivity index (χ3n) is 5.21. The Labute approximate surface area is 156 Å². The zero-order valence-corrected chi connectivity index (χ0v) is 16.6. The van der Waals surface area contributed by atoms with E-state index in [1.165, 1.54) is 0 Å². The zero-order valence-electron chi connectivity index (χ0n) is 16.6. The van der Waals surface area contributed by atoms with Gasteiger partial charge in [0.25, 0.3) is 0 Å². The summed E-state index contributed by atoms with van der Waals surface area (Å²) in [6.45, 7) is 13.5. The highest BCUT2D eigenvalue weighted by Gasteiger charge is 2.34. The molecule has 26 heavy (non-hydrogen) atoms. The number of fused-ring (bicyclic) bond motifs is 2. The highest BCUT2D eigenvalue weighted by Crippen LogP contribution is 2.44. The fourth-order valence-corrected chi connectivity index (χ4v) is 3.87. The molecule has 0 bridgehead atoms. The highest BCUT2D eigenvalue weighted by atomic mass is 16.1. The van der Waals surface area contributed by atoms with Gasteiger partial charge in [0.05, 0.1) is 0 Å². The van der Waals surface area contributed by atoms with E-state index in [1.54, 1.807) is 12.1 Å². The summed E-state index contributed by atoms with van der Waals surface area (Å²) in [5.74, 6) is 0.221. The largest absolute Gasteiger partial charge is 0.289 e. The molecule has 0 heterocycles. The van der Waals surface area contributed by atoms with Crippen LogP contribution in [-0.4, -0.2) is 11.6 Å². The van der Waals surface area contributed by atoms with Crippen LogP contribution >= 0.6 is 0 Å². The molecule has 0 N–H and O–H groups in total. The van der Waals surface area contributed by atoms with E-state index >= 15 is 0 Å². The van der Waals surface area contributed by atoms with Crippen LogP contribution in [0.15, 0.2) is 42.5 Å². The van der Waals surface area contributed by atoms with E-state index in [4.69, 9.17) is 0 Å². The van der Waals surface area contributed by atoms with Gasteiger partial charge < -0.3 is 0 Å². The van der Waals surface area contributed by atoms with Crippen molar-refractivity contribution in [2.75, 3.05) is 0 Å². The van der Waals surface area contributed by atoms with Crippen LogP contribution in [0.1, 0.15) is 91.3 Å². The quantitative estimate of drug-likeness (QED) is 0.567. The van der Waals surface area contributed by atoms with Gasteiger partial charge in [-0.3, -0.25) is 9.59 Å². The minimum Gasteiger partial charge on any atom is -0.289 e. The van der Waals surface area contributed by atoms with E-state index in [9.17, 15) is 9.59 Å². The first kappa shape index (κ1) is 18.6. The first-order valence-corrected chi connectivity index (χ1v) is 9.31. The third-order valence-corrected chi connectivity index (χ3v) is 5.21. The molecule has 0 fully saturated rings. The van der Waals surface area contributed by atoms with Crippen molar-refractivity contribution in [3.05, 3.63) is 70.3 Å². The predicted octanol–water partition coefficient (Wildman–Crippen LogP) is 6.03.